The van der Waals surface area contributed by atoms with Crippen LogP contribution >= 0.6 is 0 Å². The van der Waals surface area contributed by atoms with E-state index < -0.39 is 0 Å². The lowest BCUT2D eigenvalue weighted by atomic mass is 9.68. The molecule has 1 N–H and O–H groups in total. The first-order valence-electron chi connectivity index (χ1n) is 7.82. The maximum Gasteiger partial charge on any atom is 0.118 e. The Bertz CT molecular complexity index is 474. The summed E-state index contributed by atoms with van der Waals surface area (Å²) in [4.78, 5) is 0. The van der Waals surface area contributed by atoms with Crippen LogP contribution in [-0.4, -0.2) is 13.2 Å². The van der Waals surface area contributed by atoms with Crippen LogP contribution in [0, 0.1) is 16.7 Å². The summed E-state index contributed by atoms with van der Waals surface area (Å²) in [6, 6.07) is 9.05. The van der Waals surface area contributed by atoms with Gasteiger partial charge < -0.3 is 10.1 Å². The van der Waals surface area contributed by atoms with Crippen molar-refractivity contribution >= 4 is 0 Å². The minimum Gasteiger partial charge on any atom is -0.497 e. The molecule has 2 bridgehead atoms. The van der Waals surface area contributed by atoms with E-state index in [9.17, 15) is 0 Å². The van der Waals surface area contributed by atoms with Crippen molar-refractivity contribution in [1.82, 2.24) is 5.32 Å². The van der Waals surface area contributed by atoms with Gasteiger partial charge in [0.05, 0.1) is 7.11 Å². The van der Waals surface area contributed by atoms with E-state index in [0.29, 0.717) is 16.9 Å². The van der Waals surface area contributed by atoms with E-state index in [4.69, 9.17) is 4.74 Å². The topological polar surface area (TPSA) is 21.3 Å². The fourth-order valence-corrected chi connectivity index (χ4v) is 4.77. The standard InChI is InChI=1S/C18H27NO/c1-17(2)14-9-10-18(3,11-14)16(17)19-12-13-5-7-15(20-4)8-6-13/h5-8,14,16,19H,9-12H2,1-4H3. The van der Waals surface area contributed by atoms with Crippen molar-refractivity contribution < 1.29 is 4.74 Å². The van der Waals surface area contributed by atoms with Crippen LogP contribution in [0.5, 0.6) is 5.75 Å². The highest BCUT2D eigenvalue weighted by Gasteiger charge is 2.58. The van der Waals surface area contributed by atoms with E-state index in [-0.39, 0.29) is 0 Å². The van der Waals surface area contributed by atoms with Crippen molar-refractivity contribution in [2.45, 2.75) is 52.6 Å². The number of rotatable bonds is 4. The minimum absolute atomic E-state index is 0.430. The monoisotopic (exact) mass is 273 g/mol. The van der Waals surface area contributed by atoms with Crippen molar-refractivity contribution in [3.63, 3.8) is 0 Å². The van der Waals surface area contributed by atoms with Crippen LogP contribution in [0.2, 0.25) is 0 Å². The van der Waals surface area contributed by atoms with Crippen LogP contribution in [0.1, 0.15) is 45.6 Å². The van der Waals surface area contributed by atoms with E-state index in [2.05, 4.69) is 38.2 Å². The van der Waals surface area contributed by atoms with Crippen molar-refractivity contribution in [2.75, 3.05) is 7.11 Å². The highest BCUT2D eigenvalue weighted by Crippen LogP contribution is 2.62. The Morgan fingerprint density at radius 3 is 2.45 bits per heavy atom. The van der Waals surface area contributed by atoms with Gasteiger partial charge in [-0.1, -0.05) is 32.9 Å². The summed E-state index contributed by atoms with van der Waals surface area (Å²) >= 11 is 0. The SMILES string of the molecule is COc1ccc(CNC2C3(C)CCC(C3)C2(C)C)cc1. The van der Waals surface area contributed by atoms with E-state index in [1.54, 1.807) is 7.11 Å². The molecule has 0 aliphatic heterocycles. The van der Waals surface area contributed by atoms with Crippen LogP contribution in [0.4, 0.5) is 0 Å². The minimum atomic E-state index is 0.430. The number of hydrogen-bond acceptors (Lipinski definition) is 2. The third-order valence-electron chi connectivity index (χ3n) is 5.94. The van der Waals surface area contributed by atoms with Gasteiger partial charge in [0.1, 0.15) is 5.75 Å². The van der Waals surface area contributed by atoms with E-state index in [0.717, 1.165) is 18.2 Å². The summed E-state index contributed by atoms with van der Waals surface area (Å²) in [6.45, 7) is 8.34. The van der Waals surface area contributed by atoms with Crippen LogP contribution in [0.15, 0.2) is 24.3 Å². The molecule has 3 atom stereocenters. The van der Waals surface area contributed by atoms with Crippen LogP contribution in [0.3, 0.4) is 0 Å². The van der Waals surface area contributed by atoms with Gasteiger partial charge in [-0.3, -0.25) is 0 Å². The Kier molecular flexibility index (Phi) is 3.32. The molecule has 0 saturated heterocycles. The molecule has 2 saturated carbocycles. The molecule has 0 amide bonds. The summed E-state index contributed by atoms with van der Waals surface area (Å²) in [7, 11) is 1.71. The molecule has 0 heterocycles. The number of nitrogens with one attached hydrogen (secondary N) is 1. The van der Waals surface area contributed by atoms with Crippen LogP contribution in [-0.2, 0) is 6.54 Å². The molecule has 20 heavy (non-hydrogen) atoms. The zero-order chi connectivity index (χ0) is 14.4. The zero-order valence-corrected chi connectivity index (χ0v) is 13.2. The Hall–Kier alpha value is -1.02. The Balaban J connectivity index is 1.68. The molecule has 2 fully saturated rings. The van der Waals surface area contributed by atoms with E-state index >= 15 is 0 Å². The van der Waals surface area contributed by atoms with Gasteiger partial charge >= 0.3 is 0 Å². The van der Waals surface area contributed by atoms with Gasteiger partial charge in [0.2, 0.25) is 0 Å². The lowest BCUT2D eigenvalue weighted by Crippen LogP contribution is -2.49. The van der Waals surface area contributed by atoms with E-state index in [1.165, 1.54) is 24.8 Å². The van der Waals surface area contributed by atoms with E-state index in [1.807, 2.05) is 12.1 Å². The molecular weight excluding hydrogens is 246 g/mol. The van der Waals surface area contributed by atoms with Gasteiger partial charge in [0, 0.05) is 12.6 Å². The van der Waals surface area contributed by atoms with Gasteiger partial charge in [-0.2, -0.15) is 0 Å². The van der Waals surface area contributed by atoms with Gasteiger partial charge in [0.15, 0.2) is 0 Å². The fourth-order valence-electron chi connectivity index (χ4n) is 4.77. The second kappa shape index (κ2) is 4.77. The smallest absolute Gasteiger partial charge is 0.118 e. The summed E-state index contributed by atoms with van der Waals surface area (Å²) < 4.78 is 5.22. The Morgan fingerprint density at radius 2 is 1.90 bits per heavy atom. The first-order valence-corrected chi connectivity index (χ1v) is 7.82. The number of fused-ring (bicyclic) bond motifs is 2. The molecule has 1 aromatic rings. The lowest BCUT2D eigenvalue weighted by Gasteiger charge is -2.43. The zero-order valence-electron chi connectivity index (χ0n) is 13.2. The highest BCUT2D eigenvalue weighted by atomic mass is 16.5. The molecule has 0 aromatic heterocycles. The summed E-state index contributed by atoms with van der Waals surface area (Å²) in [5.74, 6) is 1.84. The van der Waals surface area contributed by atoms with Crippen molar-refractivity contribution in [3.8, 4) is 5.75 Å². The van der Waals surface area contributed by atoms with Gasteiger partial charge in [0.25, 0.3) is 0 Å². The lowest BCUT2D eigenvalue weighted by molar-refractivity contribution is 0.108. The molecule has 2 nitrogen and oxygen atoms in total. The Labute approximate surface area is 122 Å². The summed E-state index contributed by atoms with van der Waals surface area (Å²) in [6.07, 6.45) is 4.21. The molecule has 2 heteroatoms. The predicted octanol–water partition coefficient (Wildman–Crippen LogP) is 4.00. The highest BCUT2D eigenvalue weighted by molar-refractivity contribution is 5.27. The first kappa shape index (κ1) is 13.9. The largest absolute Gasteiger partial charge is 0.497 e. The average Bonchev–Trinajstić information content (AvgIpc) is 2.90. The maximum absolute atomic E-state index is 5.22. The number of hydrogen-bond donors (Lipinski definition) is 1. The molecule has 3 rings (SSSR count). The van der Waals surface area contributed by atoms with Crippen LogP contribution < -0.4 is 10.1 Å². The molecule has 3 unspecified atom stereocenters. The molecule has 0 radical (unpaired) electrons. The van der Waals surface area contributed by atoms with Crippen molar-refractivity contribution in [2.24, 2.45) is 16.7 Å². The third-order valence-corrected chi connectivity index (χ3v) is 5.94. The molecule has 1 aromatic carbocycles. The number of methoxy groups -OCH3 is 1. The van der Waals surface area contributed by atoms with Gasteiger partial charge in [-0.25, -0.2) is 0 Å². The average molecular weight is 273 g/mol. The number of benzene rings is 1. The fraction of sp³-hybridized carbons (Fsp3) is 0.667. The molecule has 2 aliphatic rings. The second-order valence-electron chi connectivity index (χ2n) is 7.58. The summed E-state index contributed by atoms with van der Waals surface area (Å²) in [5.41, 5.74) is 2.27. The third kappa shape index (κ3) is 2.14. The van der Waals surface area contributed by atoms with Crippen molar-refractivity contribution in [3.05, 3.63) is 29.8 Å². The molecule has 110 valence electrons. The quantitative estimate of drug-likeness (QED) is 0.895. The van der Waals surface area contributed by atoms with Crippen molar-refractivity contribution in [1.29, 1.82) is 0 Å². The summed E-state index contributed by atoms with van der Waals surface area (Å²) in [5, 5.41) is 3.86. The predicted molar refractivity (Wildman–Crippen MR) is 82.9 cm³/mol. The molecule has 0 spiro atoms. The van der Waals surface area contributed by atoms with Gasteiger partial charge in [-0.05, 0) is 53.7 Å². The second-order valence-corrected chi connectivity index (χ2v) is 7.58. The molecule has 2 aliphatic carbocycles. The van der Waals surface area contributed by atoms with Crippen LogP contribution in [0.25, 0.3) is 0 Å². The first-order chi connectivity index (χ1) is 9.45. The molecular formula is C18H27NO. The maximum atomic E-state index is 5.22. The number of ether oxygens (including phenoxy) is 1. The normalized spacial score (nSPS) is 34.4. The van der Waals surface area contributed by atoms with Gasteiger partial charge in [-0.15, -0.1) is 0 Å². The Morgan fingerprint density at radius 1 is 1.20 bits per heavy atom.